The van der Waals surface area contributed by atoms with E-state index in [9.17, 15) is 27.2 Å². The largest absolute Gasteiger partial charge is 0.419 e. The molecule has 3 amide bonds. The van der Waals surface area contributed by atoms with Crippen LogP contribution in [0.15, 0.2) is 47.8 Å². The van der Waals surface area contributed by atoms with Gasteiger partial charge in [0.2, 0.25) is 5.91 Å². The zero-order chi connectivity index (χ0) is 22.6. The fourth-order valence-corrected chi connectivity index (χ4v) is 3.26. The Labute approximate surface area is 182 Å². The van der Waals surface area contributed by atoms with E-state index in [1.807, 2.05) is 0 Å². The average Bonchev–Trinajstić information content (AvgIpc) is 3.10. The van der Waals surface area contributed by atoms with Crippen molar-refractivity contribution < 1.29 is 27.2 Å². The lowest BCUT2D eigenvalue weighted by molar-refractivity contribution is -0.140. The number of nitrogens with zero attached hydrogens (tertiary/aromatic N) is 1. The van der Waals surface area contributed by atoms with Gasteiger partial charge in [0.1, 0.15) is 5.82 Å². The number of amides is 3. The summed E-state index contributed by atoms with van der Waals surface area (Å²) in [5.74, 6) is -2.08. The normalized spacial score (nSPS) is 11.1. The number of urea groups is 1. The van der Waals surface area contributed by atoms with Crippen molar-refractivity contribution in [1.29, 1.82) is 0 Å². The Morgan fingerprint density at radius 1 is 1.00 bits per heavy atom. The van der Waals surface area contributed by atoms with Gasteiger partial charge in [0.05, 0.1) is 17.7 Å². The summed E-state index contributed by atoms with van der Waals surface area (Å²) in [4.78, 5) is 28.2. The van der Waals surface area contributed by atoms with Crippen molar-refractivity contribution in [2.24, 2.45) is 0 Å². The minimum absolute atomic E-state index is 0.199. The van der Waals surface area contributed by atoms with Crippen LogP contribution in [0.1, 0.15) is 11.3 Å². The minimum Gasteiger partial charge on any atom is -0.326 e. The molecule has 0 aliphatic carbocycles. The van der Waals surface area contributed by atoms with Crippen LogP contribution in [0, 0.1) is 5.82 Å². The molecule has 1 aromatic heterocycles. The van der Waals surface area contributed by atoms with Crippen molar-refractivity contribution in [1.82, 2.24) is 4.98 Å². The highest BCUT2D eigenvalue weighted by Crippen LogP contribution is 2.33. The number of hydrogen-bond donors (Lipinski definition) is 3. The third kappa shape index (κ3) is 6.40. The third-order valence-corrected chi connectivity index (χ3v) is 4.83. The van der Waals surface area contributed by atoms with Crippen molar-refractivity contribution in [3.63, 3.8) is 0 Å². The highest BCUT2D eigenvalue weighted by Gasteiger charge is 2.34. The molecule has 0 saturated heterocycles. The van der Waals surface area contributed by atoms with Gasteiger partial charge in [0, 0.05) is 21.8 Å². The van der Waals surface area contributed by atoms with Crippen molar-refractivity contribution in [2.75, 3.05) is 16.0 Å². The van der Waals surface area contributed by atoms with E-state index in [4.69, 9.17) is 11.6 Å². The van der Waals surface area contributed by atoms with Crippen LogP contribution in [0.3, 0.4) is 0 Å². The summed E-state index contributed by atoms with van der Waals surface area (Å²) in [6.45, 7) is 0. The molecule has 3 N–H and O–H groups in total. The van der Waals surface area contributed by atoms with E-state index in [2.05, 4.69) is 20.9 Å². The zero-order valence-corrected chi connectivity index (χ0v) is 17.0. The number of nitrogens with one attached hydrogen (secondary N) is 3. The summed E-state index contributed by atoms with van der Waals surface area (Å²) < 4.78 is 51.6. The Kier molecular flexibility index (Phi) is 6.76. The number of carbonyl (C=O) groups is 2. The maximum atomic E-state index is 13.3. The zero-order valence-electron chi connectivity index (χ0n) is 15.4. The van der Waals surface area contributed by atoms with Gasteiger partial charge >= 0.3 is 12.2 Å². The lowest BCUT2D eigenvalue weighted by Gasteiger charge is -2.10. The van der Waals surface area contributed by atoms with Crippen LogP contribution in [0.4, 0.5) is 38.9 Å². The number of carbonyl (C=O) groups excluding carboxylic acids is 2. The van der Waals surface area contributed by atoms with Crippen molar-refractivity contribution in [2.45, 2.75) is 12.6 Å². The number of halogens is 5. The van der Waals surface area contributed by atoms with Gasteiger partial charge < -0.3 is 10.6 Å². The molecule has 0 aliphatic heterocycles. The fraction of sp³-hybridized carbons (Fsp3) is 0.105. The molecule has 3 aromatic rings. The molecule has 0 spiro atoms. The summed E-state index contributed by atoms with van der Waals surface area (Å²) in [5.41, 5.74) is -0.871. The Bertz CT molecular complexity index is 1100. The average molecular weight is 473 g/mol. The smallest absolute Gasteiger partial charge is 0.326 e. The van der Waals surface area contributed by atoms with Gasteiger partial charge in [0.25, 0.3) is 0 Å². The third-order valence-electron chi connectivity index (χ3n) is 3.77. The molecule has 0 bridgehead atoms. The second kappa shape index (κ2) is 9.31. The number of anilines is 3. The van der Waals surface area contributed by atoms with Gasteiger partial charge in [-0.2, -0.15) is 13.2 Å². The molecule has 162 valence electrons. The molecule has 0 unspecified atom stereocenters. The molecule has 1 heterocycles. The first kappa shape index (κ1) is 22.5. The minimum atomic E-state index is -4.88. The van der Waals surface area contributed by atoms with E-state index in [1.165, 1.54) is 5.38 Å². The first-order valence-electron chi connectivity index (χ1n) is 8.55. The predicted molar refractivity (Wildman–Crippen MR) is 110 cm³/mol. The summed E-state index contributed by atoms with van der Waals surface area (Å²) in [6, 6.07) is 8.05. The van der Waals surface area contributed by atoms with E-state index < -0.39 is 29.5 Å². The highest BCUT2D eigenvalue weighted by molar-refractivity contribution is 7.14. The summed E-state index contributed by atoms with van der Waals surface area (Å²) in [7, 11) is 0. The molecule has 0 radical (unpaired) electrons. The number of thiazole rings is 1. The van der Waals surface area contributed by atoms with Crippen LogP contribution < -0.4 is 16.0 Å². The number of rotatable bonds is 5. The van der Waals surface area contributed by atoms with E-state index >= 15 is 0 Å². The SMILES string of the molecule is O=C(Cc1csc(NC(=O)Nc2ccc(Cl)cc2)n1)Nc1ccc(F)c(C(F)(F)F)c1. The molecule has 31 heavy (non-hydrogen) atoms. The fourth-order valence-electron chi connectivity index (χ4n) is 2.43. The number of hydrogen-bond acceptors (Lipinski definition) is 4. The van der Waals surface area contributed by atoms with Crippen molar-refractivity contribution in [3.05, 3.63) is 69.9 Å². The van der Waals surface area contributed by atoms with Crippen LogP contribution in [0.5, 0.6) is 0 Å². The molecule has 0 atom stereocenters. The van der Waals surface area contributed by atoms with Gasteiger partial charge in [-0.05, 0) is 42.5 Å². The van der Waals surface area contributed by atoms with Crippen molar-refractivity contribution in [3.8, 4) is 0 Å². The highest BCUT2D eigenvalue weighted by atomic mass is 35.5. The maximum Gasteiger partial charge on any atom is 0.419 e. The number of benzene rings is 2. The lowest BCUT2D eigenvalue weighted by atomic mass is 10.1. The lowest BCUT2D eigenvalue weighted by Crippen LogP contribution is -2.19. The van der Waals surface area contributed by atoms with Gasteiger partial charge in [-0.15, -0.1) is 11.3 Å². The summed E-state index contributed by atoms with van der Waals surface area (Å²) in [5, 5.41) is 9.60. The monoisotopic (exact) mass is 472 g/mol. The molecular weight excluding hydrogens is 460 g/mol. The summed E-state index contributed by atoms with van der Waals surface area (Å²) >= 11 is 6.84. The number of aromatic nitrogens is 1. The van der Waals surface area contributed by atoms with Crippen LogP contribution in [-0.2, 0) is 17.4 Å². The van der Waals surface area contributed by atoms with Gasteiger partial charge in [-0.3, -0.25) is 10.1 Å². The van der Waals surface area contributed by atoms with E-state index in [-0.39, 0.29) is 17.2 Å². The first-order chi connectivity index (χ1) is 14.6. The second-order valence-electron chi connectivity index (χ2n) is 6.15. The molecule has 0 fully saturated rings. The Morgan fingerprint density at radius 3 is 2.35 bits per heavy atom. The maximum absolute atomic E-state index is 13.3. The second-order valence-corrected chi connectivity index (χ2v) is 7.44. The standard InChI is InChI=1S/C19H13ClF4N4O2S/c20-10-1-3-11(4-2-10)26-17(30)28-18-27-13(9-31-18)8-16(29)25-12-5-6-15(21)14(7-12)19(22,23)24/h1-7,9H,8H2,(H,25,29)(H2,26,27,28,30). The van der Waals surface area contributed by atoms with E-state index in [0.717, 1.165) is 17.4 Å². The first-order valence-corrected chi connectivity index (χ1v) is 9.80. The van der Waals surface area contributed by atoms with Crippen molar-refractivity contribution >= 4 is 51.4 Å². The molecular formula is C19H13ClF4N4O2S. The van der Waals surface area contributed by atoms with Gasteiger partial charge in [-0.25, -0.2) is 14.2 Å². The molecule has 6 nitrogen and oxygen atoms in total. The number of alkyl halides is 3. The van der Waals surface area contributed by atoms with E-state index in [0.29, 0.717) is 28.5 Å². The summed E-state index contributed by atoms with van der Waals surface area (Å²) in [6.07, 6.45) is -5.14. The van der Waals surface area contributed by atoms with Crippen LogP contribution in [-0.4, -0.2) is 16.9 Å². The molecule has 0 saturated carbocycles. The van der Waals surface area contributed by atoms with E-state index in [1.54, 1.807) is 24.3 Å². The Hall–Kier alpha value is -3.18. The van der Waals surface area contributed by atoms with Crippen LogP contribution in [0.25, 0.3) is 0 Å². The van der Waals surface area contributed by atoms with Crippen LogP contribution in [0.2, 0.25) is 5.02 Å². The Balaban J connectivity index is 1.56. The molecule has 12 heteroatoms. The molecule has 0 aliphatic rings. The predicted octanol–water partition coefficient (Wildman–Crippen LogP) is 5.78. The quantitative estimate of drug-likeness (QED) is 0.412. The molecule has 2 aromatic carbocycles. The van der Waals surface area contributed by atoms with Gasteiger partial charge in [-0.1, -0.05) is 11.6 Å². The van der Waals surface area contributed by atoms with Crippen LogP contribution >= 0.6 is 22.9 Å². The topological polar surface area (TPSA) is 83.1 Å². The van der Waals surface area contributed by atoms with Gasteiger partial charge in [0.15, 0.2) is 5.13 Å². The Morgan fingerprint density at radius 2 is 1.68 bits per heavy atom. The molecule has 3 rings (SSSR count).